The maximum absolute atomic E-state index is 5.46. The third-order valence-electron chi connectivity index (χ3n) is 1.53. The molecule has 0 saturated carbocycles. The van der Waals surface area contributed by atoms with Gasteiger partial charge in [0.25, 0.3) is 0 Å². The van der Waals surface area contributed by atoms with Crippen molar-refractivity contribution in [1.82, 2.24) is 0 Å². The molecule has 2 heteroatoms. The molecule has 0 aromatic carbocycles. The van der Waals surface area contributed by atoms with Gasteiger partial charge in [-0.15, -0.1) is 6.58 Å². The van der Waals surface area contributed by atoms with Crippen molar-refractivity contribution in [2.75, 3.05) is 13.2 Å². The molecule has 0 aliphatic rings. The second kappa shape index (κ2) is 8.75. The Balaban J connectivity index is 3.32. The SMILES string of the molecule is C=CCOC(CC)OCCCC. The second-order valence-corrected chi connectivity index (χ2v) is 2.68. The average Bonchev–Trinajstić information content (AvgIpc) is 2.11. The largest absolute Gasteiger partial charge is 0.353 e. The molecular weight excluding hydrogens is 152 g/mol. The molecule has 0 aromatic heterocycles. The minimum Gasteiger partial charge on any atom is -0.353 e. The Hall–Kier alpha value is -0.340. The lowest BCUT2D eigenvalue weighted by Crippen LogP contribution is -2.16. The van der Waals surface area contributed by atoms with Crippen LogP contribution in [-0.2, 0) is 9.47 Å². The maximum atomic E-state index is 5.46. The second-order valence-electron chi connectivity index (χ2n) is 2.68. The van der Waals surface area contributed by atoms with Gasteiger partial charge in [-0.1, -0.05) is 26.3 Å². The summed E-state index contributed by atoms with van der Waals surface area (Å²) in [5.74, 6) is 0. The molecule has 0 rings (SSSR count). The summed E-state index contributed by atoms with van der Waals surface area (Å²) in [6, 6.07) is 0. The lowest BCUT2D eigenvalue weighted by molar-refractivity contribution is -0.136. The quantitative estimate of drug-likeness (QED) is 0.318. The number of rotatable bonds is 8. The van der Waals surface area contributed by atoms with Crippen molar-refractivity contribution >= 4 is 0 Å². The summed E-state index contributed by atoms with van der Waals surface area (Å²) in [6.07, 6.45) is 4.87. The van der Waals surface area contributed by atoms with Crippen LogP contribution in [0.5, 0.6) is 0 Å². The summed E-state index contributed by atoms with van der Waals surface area (Å²) in [5, 5.41) is 0. The van der Waals surface area contributed by atoms with Crippen LogP contribution < -0.4 is 0 Å². The lowest BCUT2D eigenvalue weighted by atomic mass is 10.3. The summed E-state index contributed by atoms with van der Waals surface area (Å²) in [4.78, 5) is 0. The molecule has 0 aliphatic carbocycles. The van der Waals surface area contributed by atoms with Crippen molar-refractivity contribution in [3.63, 3.8) is 0 Å². The standard InChI is InChI=1S/C10H20O2/c1-4-7-9-12-10(6-3)11-8-5-2/h5,10H,2,4,6-9H2,1,3H3. The van der Waals surface area contributed by atoms with Crippen LogP contribution in [0.2, 0.25) is 0 Å². The predicted molar refractivity (Wildman–Crippen MR) is 51.1 cm³/mol. The van der Waals surface area contributed by atoms with Crippen molar-refractivity contribution in [3.8, 4) is 0 Å². The lowest BCUT2D eigenvalue weighted by Gasteiger charge is -2.15. The molecule has 0 saturated heterocycles. The molecule has 0 spiro atoms. The number of hydrogen-bond acceptors (Lipinski definition) is 2. The van der Waals surface area contributed by atoms with E-state index in [1.165, 1.54) is 0 Å². The van der Waals surface area contributed by atoms with Gasteiger partial charge >= 0.3 is 0 Å². The minimum atomic E-state index is -0.0467. The molecule has 0 N–H and O–H groups in total. The summed E-state index contributed by atoms with van der Waals surface area (Å²) < 4.78 is 10.8. The van der Waals surface area contributed by atoms with Crippen LogP contribution in [0.25, 0.3) is 0 Å². The van der Waals surface area contributed by atoms with Crippen LogP contribution >= 0.6 is 0 Å². The van der Waals surface area contributed by atoms with Gasteiger partial charge in [0, 0.05) is 6.61 Å². The first-order chi connectivity index (χ1) is 5.85. The van der Waals surface area contributed by atoms with E-state index >= 15 is 0 Å². The molecule has 0 aliphatic heterocycles. The molecule has 0 radical (unpaired) electrons. The Kier molecular flexibility index (Phi) is 8.51. The van der Waals surface area contributed by atoms with Gasteiger partial charge in [-0.2, -0.15) is 0 Å². The van der Waals surface area contributed by atoms with Gasteiger partial charge in [0.15, 0.2) is 6.29 Å². The van der Waals surface area contributed by atoms with E-state index < -0.39 is 0 Å². The molecule has 1 unspecified atom stereocenters. The smallest absolute Gasteiger partial charge is 0.157 e. The Morgan fingerprint density at radius 2 is 2.08 bits per heavy atom. The van der Waals surface area contributed by atoms with Crippen LogP contribution in [0.4, 0.5) is 0 Å². The van der Waals surface area contributed by atoms with Crippen LogP contribution in [0.3, 0.4) is 0 Å². The highest BCUT2D eigenvalue weighted by atomic mass is 16.7. The molecular formula is C10H20O2. The van der Waals surface area contributed by atoms with Gasteiger partial charge < -0.3 is 9.47 Å². The van der Waals surface area contributed by atoms with Crippen molar-refractivity contribution in [3.05, 3.63) is 12.7 Å². The Morgan fingerprint density at radius 1 is 1.33 bits per heavy atom. The Morgan fingerprint density at radius 3 is 2.58 bits per heavy atom. The molecule has 72 valence electrons. The molecule has 1 atom stereocenters. The first kappa shape index (κ1) is 11.7. The average molecular weight is 172 g/mol. The van der Waals surface area contributed by atoms with Crippen molar-refractivity contribution < 1.29 is 9.47 Å². The van der Waals surface area contributed by atoms with Gasteiger partial charge in [0.2, 0.25) is 0 Å². The fourth-order valence-electron chi connectivity index (χ4n) is 0.818. The summed E-state index contributed by atoms with van der Waals surface area (Å²) in [7, 11) is 0. The highest BCUT2D eigenvalue weighted by Gasteiger charge is 2.03. The van der Waals surface area contributed by atoms with Crippen molar-refractivity contribution in [2.45, 2.75) is 39.4 Å². The first-order valence-corrected chi connectivity index (χ1v) is 4.69. The van der Waals surface area contributed by atoms with Crippen LogP contribution in [0.15, 0.2) is 12.7 Å². The van der Waals surface area contributed by atoms with Crippen LogP contribution in [-0.4, -0.2) is 19.5 Å². The van der Waals surface area contributed by atoms with Gasteiger partial charge in [-0.05, 0) is 12.8 Å². The first-order valence-electron chi connectivity index (χ1n) is 4.69. The number of ether oxygens (including phenoxy) is 2. The van der Waals surface area contributed by atoms with Crippen molar-refractivity contribution in [1.29, 1.82) is 0 Å². The van der Waals surface area contributed by atoms with E-state index in [4.69, 9.17) is 9.47 Å². The summed E-state index contributed by atoms with van der Waals surface area (Å²) >= 11 is 0. The highest BCUT2D eigenvalue weighted by molar-refractivity contribution is 4.64. The van der Waals surface area contributed by atoms with Gasteiger partial charge in [-0.25, -0.2) is 0 Å². The van der Waals surface area contributed by atoms with Gasteiger partial charge in [-0.3, -0.25) is 0 Å². The summed E-state index contributed by atoms with van der Waals surface area (Å²) in [6.45, 7) is 9.16. The van der Waals surface area contributed by atoms with Crippen molar-refractivity contribution in [2.24, 2.45) is 0 Å². The van der Waals surface area contributed by atoms with Gasteiger partial charge in [0.05, 0.1) is 6.61 Å². The number of unbranched alkanes of at least 4 members (excludes halogenated alkanes) is 1. The molecule has 12 heavy (non-hydrogen) atoms. The van der Waals surface area contributed by atoms with E-state index in [0.717, 1.165) is 25.9 Å². The highest BCUT2D eigenvalue weighted by Crippen LogP contribution is 2.01. The minimum absolute atomic E-state index is 0.0467. The number of hydrogen-bond donors (Lipinski definition) is 0. The van der Waals surface area contributed by atoms with E-state index in [-0.39, 0.29) is 6.29 Å². The summed E-state index contributed by atoms with van der Waals surface area (Å²) in [5.41, 5.74) is 0. The topological polar surface area (TPSA) is 18.5 Å². The van der Waals surface area contributed by atoms with Crippen LogP contribution in [0, 0.1) is 0 Å². The zero-order valence-electron chi connectivity index (χ0n) is 8.21. The third-order valence-corrected chi connectivity index (χ3v) is 1.53. The van der Waals surface area contributed by atoms with E-state index in [0.29, 0.717) is 6.61 Å². The van der Waals surface area contributed by atoms with E-state index in [2.05, 4.69) is 20.4 Å². The maximum Gasteiger partial charge on any atom is 0.157 e. The predicted octanol–water partition coefficient (Wildman–Crippen LogP) is 2.74. The van der Waals surface area contributed by atoms with E-state index in [1.54, 1.807) is 6.08 Å². The van der Waals surface area contributed by atoms with E-state index in [9.17, 15) is 0 Å². The Bertz CT molecular complexity index is 102. The molecule has 0 fully saturated rings. The molecule has 0 amide bonds. The molecule has 0 heterocycles. The zero-order chi connectivity index (χ0) is 9.23. The molecule has 0 aromatic rings. The van der Waals surface area contributed by atoms with Gasteiger partial charge in [0.1, 0.15) is 0 Å². The Labute approximate surface area is 75.6 Å². The zero-order valence-corrected chi connectivity index (χ0v) is 8.21. The van der Waals surface area contributed by atoms with E-state index in [1.807, 2.05) is 0 Å². The monoisotopic (exact) mass is 172 g/mol. The molecule has 0 bridgehead atoms. The third kappa shape index (κ3) is 6.38. The van der Waals surface area contributed by atoms with Crippen LogP contribution in [0.1, 0.15) is 33.1 Å². The molecule has 2 nitrogen and oxygen atoms in total. The fraction of sp³-hybridized carbons (Fsp3) is 0.800. The fourth-order valence-corrected chi connectivity index (χ4v) is 0.818. The normalized spacial score (nSPS) is 12.8.